The second-order valence-corrected chi connectivity index (χ2v) is 21.6. The van der Waals surface area contributed by atoms with Gasteiger partial charge in [-0.15, -0.1) is 0 Å². The number of methoxy groups -OCH3 is 2. The molecule has 10 heterocycles. The van der Waals surface area contributed by atoms with Crippen LogP contribution in [0.4, 0.5) is 43.2 Å². The quantitative estimate of drug-likeness (QED) is 0.117. The number of rotatable bonds is 12. The molecule has 0 unspecified atom stereocenters. The van der Waals surface area contributed by atoms with Crippen molar-refractivity contribution in [3.8, 4) is 34.8 Å². The molecule has 0 radical (unpaired) electrons. The summed E-state index contributed by atoms with van der Waals surface area (Å²) < 4.78 is 55.7. The summed E-state index contributed by atoms with van der Waals surface area (Å²) in [6.07, 6.45) is 9.93. The standard InChI is InChI=1S/2C29H30FN9O2/c2*1-18-10-20(4-6-22(18)41-25-11-24-32-16-35-39(24)17-34-25)36-28-26-21(31-15-33-28)5-7-23(40-3)27(26)38-13-29(14-38)12-19(30)8-9-37(29)2/h2*4-7,10-11,15-17,19H,8-9,12-14H2,1-3H3,(H,31,33,36)/t2*19-/m11/s1. The molecule has 0 bridgehead atoms. The SMILES string of the molecule is COc1ccc2ncnc(Nc3ccc(Oc4cc5ncnn5cn4)c(C)c3)c2c1N1CC2(C[C@H](F)CCN2C)C1.COc1ccc2ncnc(Nc3ccc(Oc4cc5ncnn5cn4)c(C)c3)c2c1N1CC2(C[C@H](F)CCN2C)C1. The number of nitrogens with zero attached hydrogens (tertiary/aromatic N) is 16. The zero-order valence-electron chi connectivity index (χ0n) is 46.2. The average molecular weight is 1110 g/mol. The molecule has 24 heteroatoms. The molecule has 0 saturated carbocycles. The van der Waals surface area contributed by atoms with Crippen molar-refractivity contribution < 1.29 is 27.7 Å². The topological polar surface area (TPSA) is 212 Å². The molecule has 420 valence electrons. The van der Waals surface area contributed by atoms with E-state index in [0.717, 1.165) is 80.3 Å². The van der Waals surface area contributed by atoms with E-state index in [9.17, 15) is 8.78 Å². The molecule has 4 aromatic carbocycles. The summed E-state index contributed by atoms with van der Waals surface area (Å²) in [4.78, 5) is 44.4. The number of piperidine rings is 2. The van der Waals surface area contributed by atoms with E-state index < -0.39 is 12.3 Å². The number of hydrogen-bond donors (Lipinski definition) is 2. The first-order valence-electron chi connectivity index (χ1n) is 27.1. The van der Waals surface area contributed by atoms with Crippen molar-refractivity contribution >= 4 is 67.5 Å². The molecule has 4 fully saturated rings. The largest absolute Gasteiger partial charge is 0.495 e. The third kappa shape index (κ3) is 9.69. The lowest BCUT2D eigenvalue weighted by atomic mass is 9.79. The zero-order chi connectivity index (χ0) is 56.3. The third-order valence-corrected chi connectivity index (χ3v) is 16.5. The van der Waals surface area contributed by atoms with Crippen LogP contribution in [0.2, 0.25) is 0 Å². The van der Waals surface area contributed by atoms with Gasteiger partial charge in [0.15, 0.2) is 11.3 Å². The van der Waals surface area contributed by atoms with Crippen LogP contribution in [0.5, 0.6) is 34.8 Å². The predicted octanol–water partition coefficient (Wildman–Crippen LogP) is 9.09. The van der Waals surface area contributed by atoms with Gasteiger partial charge in [-0.3, -0.25) is 9.80 Å². The number of fused-ring (bicyclic) bond motifs is 4. The summed E-state index contributed by atoms with van der Waals surface area (Å²) in [5, 5.41) is 16.8. The molecule has 2 spiro atoms. The summed E-state index contributed by atoms with van der Waals surface area (Å²) in [7, 11) is 7.52. The number of alkyl halides is 2. The number of anilines is 6. The number of aryl methyl sites for hydroxylation is 2. The lowest BCUT2D eigenvalue weighted by molar-refractivity contribution is 0.00706. The number of benzene rings is 4. The smallest absolute Gasteiger partial charge is 0.224 e. The number of halogens is 2. The first-order chi connectivity index (χ1) is 39.8. The third-order valence-electron chi connectivity index (χ3n) is 16.5. The Kier molecular flexibility index (Phi) is 13.4. The fourth-order valence-corrected chi connectivity index (χ4v) is 12.0. The van der Waals surface area contributed by atoms with Gasteiger partial charge in [0.1, 0.15) is 84.9 Å². The van der Waals surface area contributed by atoms with E-state index in [4.69, 9.17) is 18.9 Å². The molecule has 14 rings (SSSR count). The molecule has 0 aliphatic carbocycles. The van der Waals surface area contributed by atoms with Crippen LogP contribution in [0.25, 0.3) is 33.1 Å². The van der Waals surface area contributed by atoms with Crippen LogP contribution in [0.1, 0.15) is 36.8 Å². The number of nitrogens with one attached hydrogen (secondary N) is 2. The second-order valence-electron chi connectivity index (χ2n) is 21.6. The zero-order valence-corrected chi connectivity index (χ0v) is 46.2. The van der Waals surface area contributed by atoms with Gasteiger partial charge in [0.05, 0.1) is 58.5 Å². The molecule has 6 aromatic heterocycles. The summed E-state index contributed by atoms with van der Waals surface area (Å²) in [6, 6.07) is 22.9. The Labute approximate surface area is 470 Å². The van der Waals surface area contributed by atoms with Crippen LogP contribution in [0, 0.1) is 13.8 Å². The van der Waals surface area contributed by atoms with Crippen molar-refractivity contribution in [1.82, 2.24) is 68.9 Å². The van der Waals surface area contributed by atoms with Crippen molar-refractivity contribution in [1.29, 1.82) is 0 Å². The van der Waals surface area contributed by atoms with Gasteiger partial charge in [0.2, 0.25) is 11.8 Å². The molecule has 82 heavy (non-hydrogen) atoms. The second kappa shape index (κ2) is 21.1. The van der Waals surface area contributed by atoms with Crippen molar-refractivity contribution in [3.05, 3.63) is 122 Å². The highest BCUT2D eigenvalue weighted by Crippen LogP contribution is 2.49. The van der Waals surface area contributed by atoms with Crippen molar-refractivity contribution in [2.75, 3.05) is 88.0 Å². The number of aromatic nitrogens is 12. The summed E-state index contributed by atoms with van der Waals surface area (Å²) in [5.41, 5.74) is 7.91. The summed E-state index contributed by atoms with van der Waals surface area (Å²) in [6.45, 7) is 8.34. The van der Waals surface area contributed by atoms with Gasteiger partial charge in [-0.05, 0) is 113 Å². The summed E-state index contributed by atoms with van der Waals surface area (Å²) in [5.74, 6) is 5.01. The van der Waals surface area contributed by atoms with E-state index >= 15 is 0 Å². The van der Waals surface area contributed by atoms with Crippen LogP contribution >= 0.6 is 0 Å². The molecule has 4 aliphatic rings. The van der Waals surface area contributed by atoms with Crippen molar-refractivity contribution in [2.24, 2.45) is 0 Å². The number of likely N-dealkylation sites (tertiary alicyclic amines) is 2. The number of ether oxygens (including phenoxy) is 4. The van der Waals surface area contributed by atoms with Gasteiger partial charge in [-0.2, -0.15) is 10.2 Å². The van der Waals surface area contributed by atoms with Crippen LogP contribution in [0.3, 0.4) is 0 Å². The van der Waals surface area contributed by atoms with Gasteiger partial charge in [0.25, 0.3) is 0 Å². The van der Waals surface area contributed by atoms with Gasteiger partial charge < -0.3 is 39.4 Å². The maximum absolute atomic E-state index is 14.4. The van der Waals surface area contributed by atoms with Gasteiger partial charge in [-0.25, -0.2) is 57.7 Å². The van der Waals surface area contributed by atoms with Crippen LogP contribution in [-0.4, -0.2) is 160 Å². The molecule has 4 saturated heterocycles. The van der Waals surface area contributed by atoms with Gasteiger partial charge in [0, 0.05) is 75.6 Å². The molecule has 2 atom stereocenters. The van der Waals surface area contributed by atoms with Crippen LogP contribution < -0.4 is 39.4 Å². The van der Waals surface area contributed by atoms with E-state index in [0.29, 0.717) is 98.1 Å². The van der Waals surface area contributed by atoms with E-state index in [2.05, 4.69) is 94.4 Å². The Morgan fingerprint density at radius 2 is 0.939 bits per heavy atom. The fraction of sp³-hybridized carbons (Fsp3) is 0.345. The number of hydrogen-bond acceptors (Lipinski definition) is 20. The highest BCUT2D eigenvalue weighted by molar-refractivity contribution is 6.05. The molecule has 2 N–H and O–H groups in total. The minimum atomic E-state index is -0.764. The first kappa shape index (κ1) is 52.2. The van der Waals surface area contributed by atoms with Gasteiger partial charge in [-0.1, -0.05) is 0 Å². The van der Waals surface area contributed by atoms with Crippen molar-refractivity contribution in [3.63, 3.8) is 0 Å². The molecule has 4 aliphatic heterocycles. The maximum Gasteiger partial charge on any atom is 0.224 e. The van der Waals surface area contributed by atoms with Gasteiger partial charge >= 0.3 is 0 Å². The Morgan fingerprint density at radius 3 is 1.35 bits per heavy atom. The predicted molar refractivity (Wildman–Crippen MR) is 306 cm³/mol. The van der Waals surface area contributed by atoms with Crippen molar-refractivity contribution in [2.45, 2.75) is 63.0 Å². The molecule has 0 amide bonds. The Hall–Kier alpha value is -9.16. The van der Waals surface area contributed by atoms with E-state index in [-0.39, 0.29) is 11.1 Å². The van der Waals surface area contributed by atoms with E-state index in [1.807, 2.05) is 74.5 Å². The molecular weight excluding hydrogens is 1050 g/mol. The number of likely N-dealkylation sites (N-methyl/N-ethyl adjacent to an activating group) is 2. The lowest BCUT2D eigenvalue weighted by Crippen LogP contribution is -2.72. The maximum atomic E-state index is 14.4. The fourth-order valence-electron chi connectivity index (χ4n) is 12.0. The van der Waals surface area contributed by atoms with E-state index in [1.165, 1.54) is 12.7 Å². The Morgan fingerprint density at radius 1 is 0.512 bits per heavy atom. The summed E-state index contributed by atoms with van der Waals surface area (Å²) >= 11 is 0. The first-order valence-corrected chi connectivity index (χ1v) is 27.1. The van der Waals surface area contributed by atoms with Crippen LogP contribution in [-0.2, 0) is 0 Å². The molecule has 22 nitrogen and oxygen atoms in total. The highest BCUT2D eigenvalue weighted by Gasteiger charge is 2.52. The van der Waals surface area contributed by atoms with Crippen LogP contribution in [0.15, 0.2) is 111 Å². The molecular formula is C58H60F2N18O4. The molecule has 10 aromatic rings. The van der Waals surface area contributed by atoms with E-state index in [1.54, 1.807) is 60.7 Å². The average Bonchev–Trinajstić information content (AvgIpc) is 4.27. The monoisotopic (exact) mass is 1110 g/mol. The minimum absolute atomic E-state index is 0.172. The normalized spacial score (nSPS) is 18.5. The minimum Gasteiger partial charge on any atom is -0.495 e. The Balaban J connectivity index is 0.000000154. The highest BCUT2D eigenvalue weighted by atomic mass is 19.1. The lowest BCUT2D eigenvalue weighted by Gasteiger charge is -2.58. The Bertz CT molecular complexity index is 3760.